The number of carbonyl (C=O) groups excluding carboxylic acids is 2. The molecular formula is C11H17NO2. The number of rotatable bonds is 2. The molecule has 2 aliphatic rings. The molecule has 3 atom stereocenters. The van der Waals surface area contributed by atoms with Gasteiger partial charge in [0.15, 0.2) is 0 Å². The van der Waals surface area contributed by atoms with E-state index in [-0.39, 0.29) is 17.7 Å². The van der Waals surface area contributed by atoms with Crippen molar-refractivity contribution in [3.8, 4) is 0 Å². The van der Waals surface area contributed by atoms with Gasteiger partial charge in [0.05, 0.1) is 0 Å². The molecule has 0 aromatic rings. The highest BCUT2D eigenvalue weighted by Crippen LogP contribution is 2.39. The first kappa shape index (κ1) is 9.69. The second kappa shape index (κ2) is 3.71. The Labute approximate surface area is 84.2 Å². The van der Waals surface area contributed by atoms with Crippen LogP contribution in [0.25, 0.3) is 0 Å². The minimum atomic E-state index is -0.0834. The molecule has 78 valence electrons. The lowest BCUT2D eigenvalue weighted by atomic mass is 9.88. The standard InChI is InChI=1S/C11H17NO2/c1-2-7-3-4-8(5-7)9-6-10(13)12-11(9)14/h7-9H,2-6H2,1H3,(H,12,13,14). The predicted molar refractivity (Wildman–Crippen MR) is 52.4 cm³/mol. The van der Waals surface area contributed by atoms with Crippen molar-refractivity contribution in [1.82, 2.24) is 5.32 Å². The fourth-order valence-electron chi connectivity index (χ4n) is 2.80. The van der Waals surface area contributed by atoms with E-state index in [4.69, 9.17) is 0 Å². The van der Waals surface area contributed by atoms with E-state index < -0.39 is 0 Å². The molecule has 0 bridgehead atoms. The van der Waals surface area contributed by atoms with Gasteiger partial charge in [0, 0.05) is 12.3 Å². The van der Waals surface area contributed by atoms with Crippen molar-refractivity contribution in [3.05, 3.63) is 0 Å². The molecule has 2 rings (SSSR count). The van der Waals surface area contributed by atoms with Crippen molar-refractivity contribution >= 4 is 11.8 Å². The lowest BCUT2D eigenvalue weighted by molar-refractivity contribution is -0.126. The van der Waals surface area contributed by atoms with Gasteiger partial charge in [-0.25, -0.2) is 0 Å². The maximum absolute atomic E-state index is 11.4. The Morgan fingerprint density at radius 1 is 1.36 bits per heavy atom. The van der Waals surface area contributed by atoms with Crippen molar-refractivity contribution < 1.29 is 9.59 Å². The summed E-state index contributed by atoms with van der Waals surface area (Å²) in [6.45, 7) is 2.20. The Morgan fingerprint density at radius 3 is 2.64 bits per heavy atom. The van der Waals surface area contributed by atoms with Crippen molar-refractivity contribution in [2.24, 2.45) is 17.8 Å². The van der Waals surface area contributed by atoms with Gasteiger partial charge in [0.1, 0.15) is 0 Å². The summed E-state index contributed by atoms with van der Waals surface area (Å²) < 4.78 is 0. The first-order valence-corrected chi connectivity index (χ1v) is 5.54. The van der Waals surface area contributed by atoms with Gasteiger partial charge in [-0.3, -0.25) is 14.9 Å². The van der Waals surface area contributed by atoms with E-state index in [0.29, 0.717) is 12.3 Å². The van der Waals surface area contributed by atoms with Crippen LogP contribution in [0.15, 0.2) is 0 Å². The SMILES string of the molecule is CCC1CCC(C2CC(=O)NC2=O)C1. The molecule has 2 fully saturated rings. The third-order valence-corrected chi connectivity index (χ3v) is 3.73. The Kier molecular flexibility index (Phi) is 2.57. The molecule has 1 aliphatic heterocycles. The maximum Gasteiger partial charge on any atom is 0.230 e. The first-order valence-electron chi connectivity index (χ1n) is 5.54. The van der Waals surface area contributed by atoms with Crippen LogP contribution in [0, 0.1) is 17.8 Å². The average molecular weight is 195 g/mol. The van der Waals surface area contributed by atoms with E-state index in [1.54, 1.807) is 0 Å². The lowest BCUT2D eigenvalue weighted by Gasteiger charge is -2.14. The lowest BCUT2D eigenvalue weighted by Crippen LogP contribution is -2.25. The van der Waals surface area contributed by atoms with E-state index in [9.17, 15) is 9.59 Å². The second-order valence-corrected chi connectivity index (χ2v) is 4.57. The molecule has 0 radical (unpaired) electrons. The number of imide groups is 1. The van der Waals surface area contributed by atoms with Gasteiger partial charge in [-0.05, 0) is 24.7 Å². The monoisotopic (exact) mass is 195 g/mol. The zero-order chi connectivity index (χ0) is 10.1. The molecule has 3 heteroatoms. The van der Waals surface area contributed by atoms with Gasteiger partial charge in [0.25, 0.3) is 0 Å². The molecule has 1 saturated carbocycles. The third-order valence-electron chi connectivity index (χ3n) is 3.73. The molecular weight excluding hydrogens is 178 g/mol. The molecule has 1 N–H and O–H groups in total. The van der Waals surface area contributed by atoms with Crippen LogP contribution in [0.5, 0.6) is 0 Å². The van der Waals surface area contributed by atoms with Crippen LogP contribution in [-0.4, -0.2) is 11.8 Å². The van der Waals surface area contributed by atoms with Crippen molar-refractivity contribution in [3.63, 3.8) is 0 Å². The molecule has 2 amide bonds. The van der Waals surface area contributed by atoms with E-state index in [0.717, 1.165) is 18.8 Å². The average Bonchev–Trinajstić information content (AvgIpc) is 2.71. The van der Waals surface area contributed by atoms with Crippen LogP contribution in [0.2, 0.25) is 0 Å². The van der Waals surface area contributed by atoms with Gasteiger partial charge in [-0.2, -0.15) is 0 Å². The summed E-state index contributed by atoms with van der Waals surface area (Å²) in [5.41, 5.74) is 0. The Bertz CT molecular complexity index is 262. The third kappa shape index (κ3) is 1.68. The summed E-state index contributed by atoms with van der Waals surface area (Å²) in [5.74, 6) is 1.12. The predicted octanol–water partition coefficient (Wildman–Crippen LogP) is 1.48. The Morgan fingerprint density at radius 2 is 2.14 bits per heavy atom. The molecule has 1 saturated heterocycles. The largest absolute Gasteiger partial charge is 0.296 e. The maximum atomic E-state index is 11.4. The van der Waals surface area contributed by atoms with Crippen LogP contribution in [0.1, 0.15) is 39.0 Å². The van der Waals surface area contributed by atoms with Crippen LogP contribution in [-0.2, 0) is 9.59 Å². The van der Waals surface area contributed by atoms with Gasteiger partial charge >= 0.3 is 0 Å². The van der Waals surface area contributed by atoms with Crippen LogP contribution < -0.4 is 5.32 Å². The molecule has 0 spiro atoms. The van der Waals surface area contributed by atoms with Crippen LogP contribution in [0.4, 0.5) is 0 Å². The summed E-state index contributed by atoms with van der Waals surface area (Å²) in [4.78, 5) is 22.5. The van der Waals surface area contributed by atoms with E-state index in [1.807, 2.05) is 0 Å². The molecule has 1 aliphatic carbocycles. The molecule has 0 aromatic heterocycles. The van der Waals surface area contributed by atoms with E-state index in [1.165, 1.54) is 12.8 Å². The summed E-state index contributed by atoms with van der Waals surface area (Å²) in [7, 11) is 0. The summed E-state index contributed by atoms with van der Waals surface area (Å²) in [6.07, 6.45) is 5.14. The number of carbonyl (C=O) groups is 2. The minimum Gasteiger partial charge on any atom is -0.296 e. The van der Waals surface area contributed by atoms with Crippen molar-refractivity contribution in [2.75, 3.05) is 0 Å². The van der Waals surface area contributed by atoms with Crippen LogP contribution >= 0.6 is 0 Å². The zero-order valence-corrected chi connectivity index (χ0v) is 8.58. The normalized spacial score (nSPS) is 37.6. The number of hydrogen-bond acceptors (Lipinski definition) is 2. The molecule has 3 nitrogen and oxygen atoms in total. The van der Waals surface area contributed by atoms with E-state index in [2.05, 4.69) is 12.2 Å². The highest BCUT2D eigenvalue weighted by atomic mass is 16.2. The van der Waals surface area contributed by atoms with Gasteiger partial charge < -0.3 is 0 Å². The number of amides is 2. The molecule has 0 aromatic carbocycles. The molecule has 14 heavy (non-hydrogen) atoms. The van der Waals surface area contributed by atoms with Gasteiger partial charge in [0.2, 0.25) is 11.8 Å². The highest BCUT2D eigenvalue weighted by Gasteiger charge is 2.39. The first-order chi connectivity index (χ1) is 6.70. The molecule has 3 unspecified atom stereocenters. The highest BCUT2D eigenvalue weighted by molar-refractivity contribution is 6.03. The Balaban J connectivity index is 1.96. The molecule has 1 heterocycles. The van der Waals surface area contributed by atoms with Crippen LogP contribution in [0.3, 0.4) is 0 Å². The Hall–Kier alpha value is -0.860. The van der Waals surface area contributed by atoms with Crippen molar-refractivity contribution in [2.45, 2.75) is 39.0 Å². The summed E-state index contributed by atoms with van der Waals surface area (Å²) in [6, 6.07) is 0. The topological polar surface area (TPSA) is 46.2 Å². The number of hydrogen-bond donors (Lipinski definition) is 1. The van der Waals surface area contributed by atoms with Gasteiger partial charge in [-0.1, -0.05) is 19.8 Å². The van der Waals surface area contributed by atoms with Gasteiger partial charge in [-0.15, -0.1) is 0 Å². The fraction of sp³-hybridized carbons (Fsp3) is 0.818. The second-order valence-electron chi connectivity index (χ2n) is 4.57. The minimum absolute atomic E-state index is 0.0148. The summed E-state index contributed by atoms with van der Waals surface area (Å²) in [5, 5.41) is 2.40. The van der Waals surface area contributed by atoms with E-state index >= 15 is 0 Å². The van der Waals surface area contributed by atoms with Crippen molar-refractivity contribution in [1.29, 1.82) is 0 Å². The fourth-order valence-corrected chi connectivity index (χ4v) is 2.80. The number of nitrogens with one attached hydrogen (secondary N) is 1. The summed E-state index contributed by atoms with van der Waals surface area (Å²) >= 11 is 0. The zero-order valence-electron chi connectivity index (χ0n) is 8.58. The quantitative estimate of drug-likeness (QED) is 0.678. The smallest absolute Gasteiger partial charge is 0.230 e.